The lowest BCUT2D eigenvalue weighted by Crippen LogP contribution is -2.07. The second-order valence-corrected chi connectivity index (χ2v) is 6.85. The molecule has 0 spiro atoms. The average molecular weight is 356 g/mol. The van der Waals surface area contributed by atoms with E-state index in [2.05, 4.69) is 12.1 Å². The van der Waals surface area contributed by atoms with Crippen molar-refractivity contribution < 1.29 is 18.3 Å². The van der Waals surface area contributed by atoms with Gasteiger partial charge in [-0.15, -0.1) is 0 Å². The highest BCUT2D eigenvalue weighted by molar-refractivity contribution is 6.11. The zero-order chi connectivity index (χ0) is 18.3. The van der Waals surface area contributed by atoms with E-state index in [-0.39, 0.29) is 5.56 Å². The fourth-order valence-corrected chi connectivity index (χ4v) is 4.32. The summed E-state index contributed by atoms with van der Waals surface area (Å²) in [4.78, 5) is 0. The van der Waals surface area contributed by atoms with E-state index < -0.39 is 12.7 Å². The fourth-order valence-electron chi connectivity index (χ4n) is 4.32. The van der Waals surface area contributed by atoms with E-state index in [4.69, 9.17) is 9.47 Å². The van der Waals surface area contributed by atoms with Gasteiger partial charge in [-0.3, -0.25) is 0 Å². The molecule has 0 aliphatic heterocycles. The Kier molecular flexibility index (Phi) is 4.63. The van der Waals surface area contributed by atoms with Gasteiger partial charge in [0.2, 0.25) is 0 Å². The molecule has 0 saturated carbocycles. The van der Waals surface area contributed by atoms with Gasteiger partial charge in [0.15, 0.2) is 6.29 Å². The highest BCUT2D eigenvalue weighted by Gasteiger charge is 2.23. The van der Waals surface area contributed by atoms with Gasteiger partial charge in [0.25, 0.3) is 6.43 Å². The number of methoxy groups -OCH3 is 2. The maximum atomic E-state index is 14.0. The van der Waals surface area contributed by atoms with Gasteiger partial charge in [0.05, 0.1) is 0 Å². The molecule has 3 aromatic rings. The number of rotatable bonds is 4. The van der Waals surface area contributed by atoms with Gasteiger partial charge in [0, 0.05) is 25.3 Å². The van der Waals surface area contributed by atoms with Gasteiger partial charge in [-0.25, -0.2) is 8.78 Å². The van der Waals surface area contributed by atoms with Crippen LogP contribution < -0.4 is 0 Å². The van der Waals surface area contributed by atoms with Crippen LogP contribution in [0.15, 0.2) is 36.4 Å². The zero-order valence-electron chi connectivity index (χ0n) is 15.0. The van der Waals surface area contributed by atoms with Crippen molar-refractivity contribution in [3.63, 3.8) is 0 Å². The Balaban J connectivity index is 2.12. The Labute approximate surface area is 151 Å². The highest BCUT2D eigenvalue weighted by atomic mass is 19.3. The lowest BCUT2D eigenvalue weighted by molar-refractivity contribution is -0.105. The molecule has 0 fully saturated rings. The molecule has 0 bridgehead atoms. The minimum Gasteiger partial charge on any atom is -0.352 e. The Morgan fingerprint density at radius 3 is 2.35 bits per heavy atom. The third-order valence-electron chi connectivity index (χ3n) is 5.47. The van der Waals surface area contributed by atoms with Crippen molar-refractivity contribution >= 4 is 21.5 Å². The second-order valence-electron chi connectivity index (χ2n) is 6.85. The molecule has 1 aliphatic carbocycles. The predicted octanol–water partition coefficient (Wildman–Crippen LogP) is 6.10. The summed E-state index contributed by atoms with van der Waals surface area (Å²) in [5.41, 5.74) is 3.23. The molecular weight excluding hydrogens is 334 g/mol. The van der Waals surface area contributed by atoms with Crippen LogP contribution in [0.4, 0.5) is 8.78 Å². The largest absolute Gasteiger partial charge is 0.352 e. The van der Waals surface area contributed by atoms with Crippen LogP contribution in [0.2, 0.25) is 0 Å². The van der Waals surface area contributed by atoms with E-state index in [1.54, 1.807) is 12.1 Å². The molecule has 0 heterocycles. The van der Waals surface area contributed by atoms with Crippen LogP contribution in [0, 0.1) is 0 Å². The van der Waals surface area contributed by atoms with E-state index in [0.717, 1.165) is 35.4 Å². The van der Waals surface area contributed by atoms with Crippen molar-refractivity contribution in [1.82, 2.24) is 0 Å². The first-order valence-electron chi connectivity index (χ1n) is 8.99. The summed E-state index contributed by atoms with van der Waals surface area (Å²) in [7, 11) is 3.04. The fraction of sp³-hybridized carbons (Fsp3) is 0.364. The van der Waals surface area contributed by atoms with Crippen molar-refractivity contribution in [1.29, 1.82) is 0 Å². The second kappa shape index (κ2) is 6.93. The van der Waals surface area contributed by atoms with Crippen LogP contribution in [0.3, 0.4) is 0 Å². The lowest BCUT2D eigenvalue weighted by Gasteiger charge is -2.22. The monoisotopic (exact) mass is 356 g/mol. The molecule has 0 aromatic heterocycles. The highest BCUT2D eigenvalue weighted by Crippen LogP contribution is 2.41. The number of halogens is 2. The molecule has 26 heavy (non-hydrogen) atoms. The van der Waals surface area contributed by atoms with E-state index in [1.165, 1.54) is 31.8 Å². The molecule has 0 atom stereocenters. The molecule has 0 N–H and O–H groups in total. The minimum absolute atomic E-state index is 0.0566. The van der Waals surface area contributed by atoms with Crippen molar-refractivity contribution in [3.05, 3.63) is 58.7 Å². The van der Waals surface area contributed by atoms with Gasteiger partial charge in [-0.05, 0) is 64.4 Å². The van der Waals surface area contributed by atoms with Crippen LogP contribution in [-0.2, 0) is 22.3 Å². The SMILES string of the molecule is COC(OC)c1cccc2c1c(C(F)F)cc1c3c(ccc12)CCCC3. The Morgan fingerprint density at radius 2 is 1.62 bits per heavy atom. The van der Waals surface area contributed by atoms with Crippen molar-refractivity contribution in [2.75, 3.05) is 14.2 Å². The van der Waals surface area contributed by atoms with E-state index in [1.807, 2.05) is 12.1 Å². The molecule has 1 aliphatic rings. The van der Waals surface area contributed by atoms with Crippen LogP contribution >= 0.6 is 0 Å². The van der Waals surface area contributed by atoms with Gasteiger partial charge < -0.3 is 9.47 Å². The summed E-state index contributed by atoms with van der Waals surface area (Å²) in [6.45, 7) is 0. The minimum atomic E-state index is -2.56. The third-order valence-corrected chi connectivity index (χ3v) is 5.47. The third kappa shape index (κ3) is 2.68. The number of ether oxygens (including phenoxy) is 2. The molecular formula is C22H22F2O2. The van der Waals surface area contributed by atoms with Gasteiger partial charge in [-0.1, -0.05) is 30.3 Å². The Bertz CT molecular complexity index is 961. The topological polar surface area (TPSA) is 18.5 Å². The molecule has 4 rings (SSSR count). The van der Waals surface area contributed by atoms with E-state index >= 15 is 0 Å². The molecule has 0 saturated heterocycles. The number of alkyl halides is 2. The summed E-state index contributed by atoms with van der Waals surface area (Å²) in [6, 6.07) is 11.5. The van der Waals surface area contributed by atoms with E-state index in [9.17, 15) is 8.78 Å². The zero-order valence-corrected chi connectivity index (χ0v) is 15.0. The normalized spacial score (nSPS) is 14.5. The summed E-state index contributed by atoms with van der Waals surface area (Å²) in [5.74, 6) is 0. The van der Waals surface area contributed by atoms with Crippen LogP contribution in [-0.4, -0.2) is 14.2 Å². The number of aryl methyl sites for hydroxylation is 2. The maximum Gasteiger partial charge on any atom is 0.264 e. The van der Waals surface area contributed by atoms with Gasteiger partial charge in [0.1, 0.15) is 0 Å². The van der Waals surface area contributed by atoms with Gasteiger partial charge >= 0.3 is 0 Å². The predicted molar refractivity (Wildman–Crippen MR) is 99.8 cm³/mol. The summed E-state index contributed by atoms with van der Waals surface area (Å²) < 4.78 is 38.8. The molecule has 136 valence electrons. The van der Waals surface area contributed by atoms with Crippen molar-refractivity contribution in [3.8, 4) is 0 Å². The molecule has 0 radical (unpaired) electrons. The first-order valence-corrected chi connectivity index (χ1v) is 8.99. The average Bonchev–Trinajstić information content (AvgIpc) is 2.68. The van der Waals surface area contributed by atoms with Crippen LogP contribution in [0.5, 0.6) is 0 Å². The van der Waals surface area contributed by atoms with Crippen molar-refractivity contribution in [2.45, 2.75) is 38.4 Å². The maximum absolute atomic E-state index is 14.0. The first kappa shape index (κ1) is 17.4. The van der Waals surface area contributed by atoms with E-state index in [0.29, 0.717) is 10.9 Å². The lowest BCUT2D eigenvalue weighted by atomic mass is 9.84. The first-order chi connectivity index (χ1) is 12.7. The number of fused-ring (bicyclic) bond motifs is 5. The number of benzene rings is 3. The molecule has 0 unspecified atom stereocenters. The Hall–Kier alpha value is -2.04. The number of hydrogen-bond donors (Lipinski definition) is 0. The smallest absolute Gasteiger partial charge is 0.264 e. The number of hydrogen-bond acceptors (Lipinski definition) is 2. The van der Waals surface area contributed by atoms with Crippen molar-refractivity contribution in [2.24, 2.45) is 0 Å². The standard InChI is InChI=1S/C22H22F2O2/c1-25-22(26-2)17-9-5-8-16-15-11-10-13-6-3-4-7-14(13)18(15)12-19(20(16)17)21(23)24/h5,8-12,21-22H,3-4,6-7H2,1-2H3. The quantitative estimate of drug-likeness (QED) is 0.415. The summed E-state index contributed by atoms with van der Waals surface area (Å²) in [5, 5.41) is 3.37. The molecule has 3 aromatic carbocycles. The molecule has 2 nitrogen and oxygen atoms in total. The molecule has 0 amide bonds. The van der Waals surface area contributed by atoms with Gasteiger partial charge in [-0.2, -0.15) is 0 Å². The Morgan fingerprint density at radius 1 is 0.846 bits per heavy atom. The summed E-state index contributed by atoms with van der Waals surface area (Å²) >= 11 is 0. The molecule has 4 heteroatoms. The summed E-state index contributed by atoms with van der Waals surface area (Å²) in [6.07, 6.45) is 1.04. The van der Waals surface area contributed by atoms with Crippen LogP contribution in [0.1, 0.15) is 47.8 Å². The van der Waals surface area contributed by atoms with Crippen LogP contribution in [0.25, 0.3) is 21.5 Å².